The summed E-state index contributed by atoms with van der Waals surface area (Å²) < 4.78 is 5.92. The molecule has 2 aliphatic heterocycles. The first-order valence-corrected chi connectivity index (χ1v) is 9.45. The fraction of sp³-hybridized carbons (Fsp3) is 0.286. The van der Waals surface area contributed by atoms with Gasteiger partial charge < -0.3 is 9.84 Å². The lowest BCUT2D eigenvalue weighted by Gasteiger charge is -2.43. The van der Waals surface area contributed by atoms with Gasteiger partial charge in [0.2, 0.25) is 0 Å². The number of benzene rings is 2. The SMILES string of the molecule is O=C(O)C1CN(C2COc3cc(C#Cc4c(Cl)cccc4Cl)ccc3C2)C1. The van der Waals surface area contributed by atoms with Crippen molar-refractivity contribution in [2.24, 2.45) is 5.92 Å². The lowest BCUT2D eigenvalue weighted by molar-refractivity contribution is -0.149. The second kappa shape index (κ2) is 7.44. The van der Waals surface area contributed by atoms with Crippen LogP contribution in [0.2, 0.25) is 10.0 Å². The number of carbonyl (C=O) groups is 1. The van der Waals surface area contributed by atoms with Crippen molar-refractivity contribution in [1.29, 1.82) is 0 Å². The highest BCUT2D eigenvalue weighted by Crippen LogP contribution is 2.30. The molecular formula is C21H17Cl2NO3. The molecule has 0 saturated carbocycles. The zero-order valence-corrected chi connectivity index (χ0v) is 15.9. The highest BCUT2D eigenvalue weighted by atomic mass is 35.5. The normalized spacial score (nSPS) is 19.3. The minimum Gasteiger partial charge on any atom is -0.492 e. The molecule has 0 spiro atoms. The molecule has 0 amide bonds. The smallest absolute Gasteiger partial charge is 0.309 e. The molecule has 27 heavy (non-hydrogen) atoms. The fourth-order valence-electron chi connectivity index (χ4n) is 3.39. The Labute approximate surface area is 167 Å². The number of halogens is 2. The minimum absolute atomic E-state index is 0.229. The maximum atomic E-state index is 11.0. The topological polar surface area (TPSA) is 49.8 Å². The van der Waals surface area contributed by atoms with Gasteiger partial charge in [-0.2, -0.15) is 0 Å². The highest BCUT2D eigenvalue weighted by Gasteiger charge is 2.38. The van der Waals surface area contributed by atoms with Crippen LogP contribution in [0.4, 0.5) is 0 Å². The van der Waals surface area contributed by atoms with Crippen LogP contribution in [0, 0.1) is 17.8 Å². The lowest BCUT2D eigenvalue weighted by Crippen LogP contribution is -2.57. The summed E-state index contributed by atoms with van der Waals surface area (Å²) in [6, 6.07) is 11.4. The van der Waals surface area contributed by atoms with Crippen molar-refractivity contribution >= 4 is 29.2 Å². The summed E-state index contributed by atoms with van der Waals surface area (Å²) in [6.07, 6.45) is 0.853. The highest BCUT2D eigenvalue weighted by molar-refractivity contribution is 6.36. The van der Waals surface area contributed by atoms with E-state index in [0.29, 0.717) is 35.3 Å². The quantitative estimate of drug-likeness (QED) is 0.779. The number of rotatable bonds is 2. The van der Waals surface area contributed by atoms with Crippen LogP contribution in [0.3, 0.4) is 0 Å². The van der Waals surface area contributed by atoms with Gasteiger partial charge >= 0.3 is 5.97 Å². The van der Waals surface area contributed by atoms with E-state index in [1.165, 1.54) is 0 Å². The molecule has 6 heteroatoms. The molecule has 1 fully saturated rings. The third-order valence-corrected chi connectivity index (χ3v) is 5.65. The monoisotopic (exact) mass is 401 g/mol. The number of carboxylic acid groups (broad SMARTS) is 1. The third kappa shape index (κ3) is 3.77. The average molecular weight is 402 g/mol. The van der Waals surface area contributed by atoms with E-state index in [9.17, 15) is 4.79 Å². The van der Waals surface area contributed by atoms with E-state index in [-0.39, 0.29) is 12.0 Å². The summed E-state index contributed by atoms with van der Waals surface area (Å²) in [6.45, 7) is 1.76. The van der Waals surface area contributed by atoms with Gasteiger partial charge in [0.05, 0.1) is 21.5 Å². The van der Waals surface area contributed by atoms with E-state index in [1.807, 2.05) is 18.2 Å². The van der Waals surface area contributed by atoms with Gasteiger partial charge in [-0.05, 0) is 36.2 Å². The number of nitrogens with zero attached hydrogens (tertiary/aromatic N) is 1. The number of aliphatic carboxylic acids is 1. The summed E-state index contributed by atoms with van der Waals surface area (Å²) in [7, 11) is 0. The molecule has 1 N–H and O–H groups in total. The molecule has 2 aliphatic rings. The summed E-state index contributed by atoms with van der Waals surface area (Å²) in [5.41, 5.74) is 2.56. The summed E-state index contributed by atoms with van der Waals surface area (Å²) in [5.74, 6) is 5.99. The molecule has 2 aromatic rings. The number of hydrogen-bond donors (Lipinski definition) is 1. The molecule has 0 bridgehead atoms. The maximum absolute atomic E-state index is 11.0. The van der Waals surface area contributed by atoms with E-state index in [1.54, 1.807) is 18.2 Å². The first kappa shape index (κ1) is 18.2. The van der Waals surface area contributed by atoms with Crippen LogP contribution >= 0.6 is 23.2 Å². The minimum atomic E-state index is -0.717. The van der Waals surface area contributed by atoms with E-state index >= 15 is 0 Å². The van der Waals surface area contributed by atoms with Crippen molar-refractivity contribution in [3.63, 3.8) is 0 Å². The zero-order chi connectivity index (χ0) is 19.0. The third-order valence-electron chi connectivity index (χ3n) is 5.02. The van der Waals surface area contributed by atoms with Gasteiger partial charge in [0, 0.05) is 24.7 Å². The van der Waals surface area contributed by atoms with E-state index in [0.717, 1.165) is 23.3 Å². The molecule has 2 heterocycles. The average Bonchev–Trinajstić information content (AvgIpc) is 2.59. The molecule has 0 radical (unpaired) electrons. The van der Waals surface area contributed by atoms with Crippen LogP contribution in [0.25, 0.3) is 0 Å². The molecule has 1 saturated heterocycles. The molecule has 4 rings (SSSR count). The Morgan fingerprint density at radius 1 is 1.15 bits per heavy atom. The Hall–Kier alpha value is -2.19. The number of fused-ring (bicyclic) bond motifs is 1. The predicted molar refractivity (Wildman–Crippen MR) is 105 cm³/mol. The van der Waals surface area contributed by atoms with Crippen molar-refractivity contribution in [2.45, 2.75) is 12.5 Å². The molecule has 2 aromatic carbocycles. The van der Waals surface area contributed by atoms with Gasteiger partial charge in [-0.3, -0.25) is 9.69 Å². The van der Waals surface area contributed by atoms with Gasteiger partial charge in [-0.25, -0.2) is 0 Å². The van der Waals surface area contributed by atoms with Gasteiger partial charge in [-0.15, -0.1) is 0 Å². The van der Waals surface area contributed by atoms with Crippen LogP contribution in [0.5, 0.6) is 5.75 Å². The Kier molecular flexibility index (Phi) is 5.01. The van der Waals surface area contributed by atoms with Crippen molar-refractivity contribution in [1.82, 2.24) is 4.90 Å². The number of ether oxygens (including phenoxy) is 1. The van der Waals surface area contributed by atoms with E-state index < -0.39 is 5.97 Å². The first-order chi connectivity index (χ1) is 13.0. The number of hydrogen-bond acceptors (Lipinski definition) is 3. The Morgan fingerprint density at radius 2 is 1.89 bits per heavy atom. The van der Waals surface area contributed by atoms with Crippen molar-refractivity contribution in [2.75, 3.05) is 19.7 Å². The molecular weight excluding hydrogens is 385 g/mol. The Bertz CT molecular complexity index is 937. The van der Waals surface area contributed by atoms with E-state index in [2.05, 4.69) is 16.7 Å². The molecule has 138 valence electrons. The molecule has 1 atom stereocenters. The summed E-state index contributed by atoms with van der Waals surface area (Å²) >= 11 is 12.3. The van der Waals surface area contributed by atoms with Crippen molar-refractivity contribution in [3.8, 4) is 17.6 Å². The first-order valence-electron chi connectivity index (χ1n) is 8.70. The van der Waals surface area contributed by atoms with Crippen molar-refractivity contribution in [3.05, 3.63) is 63.1 Å². The van der Waals surface area contributed by atoms with Crippen molar-refractivity contribution < 1.29 is 14.6 Å². The maximum Gasteiger partial charge on any atom is 0.309 e. The summed E-state index contributed by atoms with van der Waals surface area (Å²) in [5, 5.41) is 10.1. The predicted octanol–water partition coefficient (Wildman–Crippen LogP) is 3.71. The van der Waals surface area contributed by atoms with Crippen LogP contribution in [-0.4, -0.2) is 41.7 Å². The summed E-state index contributed by atoms with van der Waals surface area (Å²) in [4.78, 5) is 13.1. The van der Waals surface area contributed by atoms with Gasteiger partial charge in [0.15, 0.2) is 0 Å². The Balaban J connectivity index is 1.47. The Morgan fingerprint density at radius 3 is 2.59 bits per heavy atom. The van der Waals surface area contributed by atoms with E-state index in [4.69, 9.17) is 33.0 Å². The largest absolute Gasteiger partial charge is 0.492 e. The fourth-order valence-corrected chi connectivity index (χ4v) is 3.88. The zero-order valence-electron chi connectivity index (χ0n) is 14.4. The lowest BCUT2D eigenvalue weighted by atomic mass is 9.93. The molecule has 0 aromatic heterocycles. The second-order valence-electron chi connectivity index (χ2n) is 6.83. The second-order valence-corrected chi connectivity index (χ2v) is 7.64. The van der Waals surface area contributed by atoms with Crippen LogP contribution in [-0.2, 0) is 11.2 Å². The molecule has 1 unspecified atom stereocenters. The van der Waals surface area contributed by atoms with Gasteiger partial charge in [-0.1, -0.05) is 47.2 Å². The number of carboxylic acids is 1. The van der Waals surface area contributed by atoms with Gasteiger partial charge in [0.25, 0.3) is 0 Å². The standard InChI is InChI=1S/C21H17Cl2NO3/c22-18-2-1-3-19(23)17(18)7-5-13-4-6-14-9-16(12-27-20(14)8-13)24-10-15(11-24)21(25)26/h1-4,6,8,15-16H,9-12H2,(H,25,26). The van der Waals surface area contributed by atoms with Crippen LogP contribution < -0.4 is 4.74 Å². The van der Waals surface area contributed by atoms with Gasteiger partial charge in [0.1, 0.15) is 12.4 Å². The van der Waals surface area contributed by atoms with Crippen LogP contribution in [0.1, 0.15) is 16.7 Å². The number of likely N-dealkylation sites (tertiary alicyclic amines) is 1. The van der Waals surface area contributed by atoms with Crippen LogP contribution in [0.15, 0.2) is 36.4 Å². The molecule has 0 aliphatic carbocycles. The molecule has 4 nitrogen and oxygen atoms in total.